The Morgan fingerprint density at radius 1 is 0.875 bits per heavy atom. The molecule has 0 saturated carbocycles. The first-order chi connectivity index (χ1) is 15.6. The van der Waals surface area contributed by atoms with Gasteiger partial charge in [0.25, 0.3) is 0 Å². The van der Waals surface area contributed by atoms with E-state index in [9.17, 15) is 9.59 Å². The van der Waals surface area contributed by atoms with Crippen LogP contribution in [-0.2, 0) is 11.3 Å². The Bertz CT molecular complexity index is 1040. The van der Waals surface area contributed by atoms with Crippen LogP contribution in [0.5, 0.6) is 0 Å². The minimum atomic E-state index is -0.0248. The summed E-state index contributed by atoms with van der Waals surface area (Å²) in [6, 6.07) is 17.0. The molecule has 1 amide bonds. The molecule has 0 N–H and O–H groups in total. The molecule has 166 valence electrons. The number of Topliss-reactive ketones (excluding diaryl/α,β-unsaturated/α-hetero) is 1. The fourth-order valence-electron chi connectivity index (χ4n) is 3.97. The number of amides is 1. The van der Waals surface area contributed by atoms with Gasteiger partial charge < -0.3 is 9.47 Å². The molecule has 1 aliphatic rings. The quantitative estimate of drug-likeness (QED) is 0.486. The van der Waals surface area contributed by atoms with E-state index in [4.69, 9.17) is 11.6 Å². The highest BCUT2D eigenvalue weighted by Gasteiger charge is 2.21. The van der Waals surface area contributed by atoms with E-state index in [-0.39, 0.29) is 24.5 Å². The highest BCUT2D eigenvalue weighted by molar-refractivity contribution is 6.30. The zero-order chi connectivity index (χ0) is 22.3. The first-order valence-electron chi connectivity index (χ1n) is 11.0. The maximum absolute atomic E-state index is 12.6. The number of nitrogens with zero attached hydrogens (tertiary/aromatic N) is 4. The van der Waals surface area contributed by atoms with Crippen molar-refractivity contribution < 1.29 is 9.59 Å². The third-order valence-electron chi connectivity index (χ3n) is 5.86. The van der Waals surface area contributed by atoms with Gasteiger partial charge in [-0.1, -0.05) is 41.9 Å². The highest BCUT2D eigenvalue weighted by atomic mass is 35.5. The first kappa shape index (κ1) is 22.2. The minimum Gasteiger partial charge on any atom is -0.340 e. The molecule has 32 heavy (non-hydrogen) atoms. The predicted molar refractivity (Wildman–Crippen MR) is 126 cm³/mol. The average Bonchev–Trinajstić information content (AvgIpc) is 3.31. The molecule has 1 saturated heterocycles. The molecule has 2 aromatic carbocycles. The molecular formula is C25H27ClN4O2. The van der Waals surface area contributed by atoms with E-state index in [0.29, 0.717) is 23.7 Å². The molecule has 6 nitrogen and oxygen atoms in total. The number of benzene rings is 2. The maximum Gasteiger partial charge on any atom is 0.223 e. The smallest absolute Gasteiger partial charge is 0.223 e. The fraction of sp³-hybridized carbons (Fsp3) is 0.320. The largest absolute Gasteiger partial charge is 0.340 e. The summed E-state index contributed by atoms with van der Waals surface area (Å²) in [6.07, 6.45) is 4.32. The lowest BCUT2D eigenvalue weighted by Crippen LogP contribution is -2.49. The molecule has 0 atom stereocenters. The number of piperazine rings is 1. The number of hydrogen-bond donors (Lipinski definition) is 0. The Hall–Kier alpha value is -2.96. The van der Waals surface area contributed by atoms with Gasteiger partial charge in [-0.05, 0) is 24.3 Å². The van der Waals surface area contributed by atoms with Crippen LogP contribution >= 0.6 is 11.6 Å². The van der Waals surface area contributed by atoms with Gasteiger partial charge in [-0.2, -0.15) is 0 Å². The number of carbonyl (C=O) groups excluding carboxylic acids is 2. The van der Waals surface area contributed by atoms with Crippen molar-refractivity contribution in [1.29, 1.82) is 0 Å². The zero-order valence-electron chi connectivity index (χ0n) is 18.0. The second kappa shape index (κ2) is 10.6. The summed E-state index contributed by atoms with van der Waals surface area (Å²) in [5.74, 6) is 1.00. The van der Waals surface area contributed by atoms with E-state index in [0.717, 1.165) is 37.6 Å². The third-order valence-corrected chi connectivity index (χ3v) is 6.11. The highest BCUT2D eigenvalue weighted by Crippen LogP contribution is 2.17. The second-order valence-corrected chi connectivity index (χ2v) is 8.40. The van der Waals surface area contributed by atoms with Crippen LogP contribution in [0.25, 0.3) is 11.4 Å². The van der Waals surface area contributed by atoms with Gasteiger partial charge in [0, 0.05) is 80.7 Å². The summed E-state index contributed by atoms with van der Waals surface area (Å²) in [5, 5.41) is 0.597. The van der Waals surface area contributed by atoms with Crippen molar-refractivity contribution >= 4 is 23.3 Å². The molecule has 0 spiro atoms. The number of aromatic nitrogens is 2. The molecule has 1 aliphatic heterocycles. The van der Waals surface area contributed by atoms with Crippen molar-refractivity contribution in [3.63, 3.8) is 0 Å². The van der Waals surface area contributed by atoms with Crippen molar-refractivity contribution in [2.45, 2.75) is 19.4 Å². The summed E-state index contributed by atoms with van der Waals surface area (Å²) < 4.78 is 2.18. The van der Waals surface area contributed by atoms with E-state index in [1.54, 1.807) is 24.3 Å². The second-order valence-electron chi connectivity index (χ2n) is 7.96. The lowest BCUT2D eigenvalue weighted by atomic mass is 10.1. The maximum atomic E-state index is 12.6. The van der Waals surface area contributed by atoms with E-state index in [1.807, 2.05) is 35.5 Å². The Morgan fingerprint density at radius 3 is 2.31 bits per heavy atom. The van der Waals surface area contributed by atoms with E-state index < -0.39 is 0 Å². The molecule has 1 fully saturated rings. The predicted octanol–water partition coefficient (Wildman–Crippen LogP) is 4.01. The van der Waals surface area contributed by atoms with Crippen molar-refractivity contribution in [2.24, 2.45) is 0 Å². The number of halogens is 1. The molecule has 2 heterocycles. The molecule has 0 aliphatic carbocycles. The Morgan fingerprint density at radius 2 is 1.59 bits per heavy atom. The van der Waals surface area contributed by atoms with Crippen LogP contribution in [-0.4, -0.2) is 63.8 Å². The van der Waals surface area contributed by atoms with Gasteiger partial charge in [-0.25, -0.2) is 4.98 Å². The molecule has 1 aromatic heterocycles. The topological polar surface area (TPSA) is 58.4 Å². The van der Waals surface area contributed by atoms with Crippen molar-refractivity contribution in [3.8, 4) is 11.4 Å². The van der Waals surface area contributed by atoms with Crippen LogP contribution in [0.1, 0.15) is 23.2 Å². The van der Waals surface area contributed by atoms with Crippen LogP contribution in [0.15, 0.2) is 67.0 Å². The first-order valence-corrected chi connectivity index (χ1v) is 11.3. The zero-order valence-corrected chi connectivity index (χ0v) is 18.7. The van der Waals surface area contributed by atoms with Crippen LogP contribution < -0.4 is 0 Å². The van der Waals surface area contributed by atoms with Crippen molar-refractivity contribution in [1.82, 2.24) is 19.4 Å². The normalized spacial score (nSPS) is 14.5. The minimum absolute atomic E-state index is 0.0248. The van der Waals surface area contributed by atoms with Crippen molar-refractivity contribution in [3.05, 3.63) is 77.6 Å². The summed E-state index contributed by atoms with van der Waals surface area (Å²) in [5.41, 5.74) is 1.71. The number of imidazole rings is 1. The van der Waals surface area contributed by atoms with Gasteiger partial charge in [0.05, 0.1) is 0 Å². The summed E-state index contributed by atoms with van der Waals surface area (Å²) in [6.45, 7) is 4.84. The standard InChI is InChI=1S/C25H27ClN4O2/c26-22-8-6-20(7-9-22)23(31)10-11-24(32)29-17-14-28(15-18-29)16-19-30-13-12-27-25(30)21-4-2-1-3-5-21/h1-9,12-13H,10-11,14-19H2. The van der Waals surface area contributed by atoms with Gasteiger partial charge in [-0.15, -0.1) is 0 Å². The lowest BCUT2D eigenvalue weighted by Gasteiger charge is -2.35. The number of rotatable bonds is 8. The number of carbonyl (C=O) groups is 2. The van der Waals surface area contributed by atoms with Gasteiger partial charge >= 0.3 is 0 Å². The van der Waals surface area contributed by atoms with Crippen LogP contribution in [0.3, 0.4) is 0 Å². The van der Waals surface area contributed by atoms with Crippen molar-refractivity contribution in [2.75, 3.05) is 32.7 Å². The monoisotopic (exact) mass is 450 g/mol. The lowest BCUT2D eigenvalue weighted by molar-refractivity contribution is -0.132. The summed E-state index contributed by atoms with van der Waals surface area (Å²) >= 11 is 5.86. The molecule has 7 heteroatoms. The number of ketones is 1. The molecule has 3 aromatic rings. The number of hydrogen-bond acceptors (Lipinski definition) is 4. The van der Waals surface area contributed by atoms with E-state index >= 15 is 0 Å². The van der Waals surface area contributed by atoms with Crippen LogP contribution in [0.4, 0.5) is 0 Å². The average molecular weight is 451 g/mol. The van der Waals surface area contributed by atoms with E-state index in [1.165, 1.54) is 0 Å². The molecule has 0 radical (unpaired) electrons. The van der Waals surface area contributed by atoms with Crippen LogP contribution in [0.2, 0.25) is 5.02 Å². The van der Waals surface area contributed by atoms with Gasteiger partial charge in [0.2, 0.25) is 5.91 Å². The molecular weight excluding hydrogens is 424 g/mol. The molecule has 4 rings (SSSR count). The van der Waals surface area contributed by atoms with E-state index in [2.05, 4.69) is 26.6 Å². The Kier molecular flexibility index (Phi) is 7.35. The molecule has 0 unspecified atom stereocenters. The molecule has 0 bridgehead atoms. The summed E-state index contributed by atoms with van der Waals surface area (Å²) in [4.78, 5) is 33.6. The van der Waals surface area contributed by atoms with Gasteiger partial charge in [-0.3, -0.25) is 14.5 Å². The fourth-order valence-corrected chi connectivity index (χ4v) is 4.09. The Balaban J connectivity index is 1.21. The Labute approximate surface area is 193 Å². The summed E-state index contributed by atoms with van der Waals surface area (Å²) in [7, 11) is 0. The SMILES string of the molecule is O=C(CCC(=O)N1CCN(CCn2ccnc2-c2ccccc2)CC1)c1ccc(Cl)cc1. The van der Waals surface area contributed by atoms with Crippen LogP contribution in [0, 0.1) is 0 Å². The third kappa shape index (κ3) is 5.64. The van der Waals surface area contributed by atoms with Gasteiger partial charge in [0.1, 0.15) is 5.82 Å². The van der Waals surface area contributed by atoms with Gasteiger partial charge in [0.15, 0.2) is 5.78 Å².